The van der Waals surface area contributed by atoms with Crippen LogP contribution < -0.4 is 15.5 Å². The van der Waals surface area contributed by atoms with Crippen LogP contribution in [-0.2, 0) is 4.79 Å². The Labute approximate surface area is 120 Å². The molecule has 0 aliphatic carbocycles. The quantitative estimate of drug-likeness (QED) is 0.855. The van der Waals surface area contributed by atoms with E-state index in [0.29, 0.717) is 6.04 Å². The monoisotopic (exact) mass is 276 g/mol. The van der Waals surface area contributed by atoms with Crippen molar-refractivity contribution in [3.05, 3.63) is 24.0 Å². The van der Waals surface area contributed by atoms with Gasteiger partial charge >= 0.3 is 0 Å². The topological polar surface area (TPSA) is 57.3 Å². The van der Waals surface area contributed by atoms with E-state index >= 15 is 0 Å². The lowest BCUT2D eigenvalue weighted by molar-refractivity contribution is -0.119. The number of rotatable bonds is 5. The van der Waals surface area contributed by atoms with E-state index in [2.05, 4.69) is 39.6 Å². The lowest BCUT2D eigenvalue weighted by Gasteiger charge is -2.20. The van der Waals surface area contributed by atoms with Gasteiger partial charge in [-0.25, -0.2) is 0 Å². The van der Waals surface area contributed by atoms with Crippen LogP contribution in [0.1, 0.15) is 38.4 Å². The average molecular weight is 276 g/mol. The minimum Gasteiger partial charge on any atom is -0.368 e. The van der Waals surface area contributed by atoms with Crippen molar-refractivity contribution in [2.75, 3.05) is 25.0 Å². The summed E-state index contributed by atoms with van der Waals surface area (Å²) in [6, 6.07) is 4.78. The van der Waals surface area contributed by atoms with Gasteiger partial charge < -0.3 is 15.5 Å². The van der Waals surface area contributed by atoms with E-state index in [1.54, 1.807) is 6.92 Å². The van der Waals surface area contributed by atoms with Gasteiger partial charge in [-0.05, 0) is 32.0 Å². The molecule has 2 N–H and O–H groups in total. The van der Waals surface area contributed by atoms with E-state index in [-0.39, 0.29) is 11.9 Å². The number of carbonyl (C=O) groups excluding carboxylic acids is 1. The number of pyridine rings is 1. The highest BCUT2D eigenvalue weighted by Gasteiger charge is 2.23. The molecule has 2 rings (SSSR count). The summed E-state index contributed by atoms with van der Waals surface area (Å²) in [6.45, 7) is 5.55. The van der Waals surface area contributed by atoms with Crippen LogP contribution in [0.4, 0.5) is 5.69 Å². The van der Waals surface area contributed by atoms with Gasteiger partial charge in [-0.1, -0.05) is 6.92 Å². The van der Waals surface area contributed by atoms with Crippen molar-refractivity contribution in [1.82, 2.24) is 15.6 Å². The van der Waals surface area contributed by atoms with Gasteiger partial charge in [0.15, 0.2) is 0 Å². The maximum Gasteiger partial charge on any atom is 0.217 e. The fourth-order valence-electron chi connectivity index (χ4n) is 2.75. The summed E-state index contributed by atoms with van der Waals surface area (Å²) in [7, 11) is 1.96. The molecule has 110 valence electrons. The SMILES string of the molecule is CCC(NC)c1ccc(N2CCC(NC(C)=O)C2)cn1. The normalized spacial score (nSPS) is 19.9. The Morgan fingerprint density at radius 3 is 2.90 bits per heavy atom. The molecule has 0 aromatic carbocycles. The van der Waals surface area contributed by atoms with Gasteiger partial charge in [-0.2, -0.15) is 0 Å². The summed E-state index contributed by atoms with van der Waals surface area (Å²) in [6.07, 6.45) is 3.96. The zero-order valence-corrected chi connectivity index (χ0v) is 12.5. The minimum atomic E-state index is 0.0464. The van der Waals surface area contributed by atoms with Gasteiger partial charge in [-0.15, -0.1) is 0 Å². The zero-order chi connectivity index (χ0) is 14.5. The Balaban J connectivity index is 1.99. The van der Waals surface area contributed by atoms with Gasteiger partial charge in [0.05, 0.1) is 17.6 Å². The van der Waals surface area contributed by atoms with Gasteiger partial charge in [-0.3, -0.25) is 9.78 Å². The molecule has 0 radical (unpaired) electrons. The molecule has 1 aliphatic rings. The van der Waals surface area contributed by atoms with Crippen LogP contribution in [0.25, 0.3) is 0 Å². The average Bonchev–Trinajstić information content (AvgIpc) is 2.88. The third-order valence-electron chi connectivity index (χ3n) is 3.85. The molecule has 1 fully saturated rings. The van der Waals surface area contributed by atoms with Gasteiger partial charge in [0.25, 0.3) is 0 Å². The van der Waals surface area contributed by atoms with Crippen molar-refractivity contribution < 1.29 is 4.79 Å². The molecule has 0 spiro atoms. The number of aromatic nitrogens is 1. The molecule has 1 amide bonds. The minimum absolute atomic E-state index is 0.0464. The van der Waals surface area contributed by atoms with Crippen molar-refractivity contribution in [2.24, 2.45) is 0 Å². The molecule has 5 heteroatoms. The zero-order valence-electron chi connectivity index (χ0n) is 12.5. The molecule has 20 heavy (non-hydrogen) atoms. The standard InChI is InChI=1S/C15H24N4O/c1-4-14(16-3)15-6-5-13(9-17-15)19-8-7-12(10-19)18-11(2)20/h5-6,9,12,14,16H,4,7-8,10H2,1-3H3,(H,18,20). The number of anilines is 1. The van der Waals surface area contributed by atoms with E-state index in [1.807, 2.05) is 13.2 Å². The van der Waals surface area contributed by atoms with Crippen LogP contribution in [-0.4, -0.2) is 37.1 Å². The molecule has 1 saturated heterocycles. The van der Waals surface area contributed by atoms with Crippen molar-refractivity contribution in [1.29, 1.82) is 0 Å². The number of nitrogens with one attached hydrogen (secondary N) is 2. The lowest BCUT2D eigenvalue weighted by Crippen LogP contribution is -2.35. The Bertz CT molecular complexity index is 442. The predicted octanol–water partition coefficient (Wildman–Crippen LogP) is 1.47. The highest BCUT2D eigenvalue weighted by atomic mass is 16.1. The van der Waals surface area contributed by atoms with Gasteiger partial charge in [0.1, 0.15) is 0 Å². The van der Waals surface area contributed by atoms with Gasteiger partial charge in [0.2, 0.25) is 5.91 Å². The second-order valence-electron chi connectivity index (χ2n) is 5.32. The van der Waals surface area contributed by atoms with Crippen LogP contribution in [0.5, 0.6) is 0 Å². The molecular formula is C15H24N4O. The predicted molar refractivity (Wildman–Crippen MR) is 80.8 cm³/mol. The van der Waals surface area contributed by atoms with E-state index in [0.717, 1.165) is 37.3 Å². The maximum atomic E-state index is 11.1. The first-order valence-corrected chi connectivity index (χ1v) is 7.29. The molecule has 1 aliphatic heterocycles. The fraction of sp³-hybridized carbons (Fsp3) is 0.600. The summed E-state index contributed by atoms with van der Waals surface area (Å²) >= 11 is 0. The summed E-state index contributed by atoms with van der Waals surface area (Å²) in [5, 5.41) is 6.24. The van der Waals surface area contributed by atoms with Crippen LogP contribution in [0.15, 0.2) is 18.3 Å². The molecule has 5 nitrogen and oxygen atoms in total. The Hall–Kier alpha value is -1.62. The number of hydrogen-bond acceptors (Lipinski definition) is 4. The first-order chi connectivity index (χ1) is 9.63. The molecular weight excluding hydrogens is 252 g/mol. The fourth-order valence-corrected chi connectivity index (χ4v) is 2.75. The molecule has 0 bridgehead atoms. The highest BCUT2D eigenvalue weighted by molar-refractivity contribution is 5.73. The van der Waals surface area contributed by atoms with E-state index < -0.39 is 0 Å². The summed E-state index contributed by atoms with van der Waals surface area (Å²) in [5.41, 5.74) is 2.21. The second-order valence-corrected chi connectivity index (χ2v) is 5.32. The molecule has 2 atom stereocenters. The Morgan fingerprint density at radius 2 is 2.35 bits per heavy atom. The molecule has 2 heterocycles. The van der Waals surface area contributed by atoms with E-state index in [1.165, 1.54) is 0 Å². The van der Waals surface area contributed by atoms with Crippen molar-refractivity contribution in [3.8, 4) is 0 Å². The number of nitrogens with zero attached hydrogens (tertiary/aromatic N) is 2. The lowest BCUT2D eigenvalue weighted by atomic mass is 10.1. The van der Waals surface area contributed by atoms with Crippen molar-refractivity contribution in [2.45, 2.75) is 38.8 Å². The van der Waals surface area contributed by atoms with E-state index in [9.17, 15) is 4.79 Å². The molecule has 2 unspecified atom stereocenters. The summed E-state index contributed by atoms with van der Waals surface area (Å²) < 4.78 is 0. The molecule has 1 aromatic rings. The molecule has 1 aromatic heterocycles. The van der Waals surface area contributed by atoms with Crippen molar-refractivity contribution >= 4 is 11.6 Å². The second kappa shape index (κ2) is 6.70. The number of hydrogen-bond donors (Lipinski definition) is 2. The third-order valence-corrected chi connectivity index (χ3v) is 3.85. The van der Waals surface area contributed by atoms with E-state index in [4.69, 9.17) is 0 Å². The third kappa shape index (κ3) is 3.48. The Morgan fingerprint density at radius 1 is 1.55 bits per heavy atom. The largest absolute Gasteiger partial charge is 0.368 e. The highest BCUT2D eigenvalue weighted by Crippen LogP contribution is 2.22. The summed E-state index contributed by atoms with van der Waals surface area (Å²) in [4.78, 5) is 17.9. The van der Waals surface area contributed by atoms with Crippen LogP contribution in [0, 0.1) is 0 Å². The van der Waals surface area contributed by atoms with Crippen molar-refractivity contribution in [3.63, 3.8) is 0 Å². The Kier molecular flexibility index (Phi) is 4.95. The number of amides is 1. The maximum absolute atomic E-state index is 11.1. The smallest absolute Gasteiger partial charge is 0.217 e. The molecule has 0 saturated carbocycles. The van der Waals surface area contributed by atoms with Gasteiger partial charge in [0, 0.05) is 32.1 Å². The van der Waals surface area contributed by atoms with Crippen LogP contribution >= 0.6 is 0 Å². The number of carbonyl (C=O) groups is 1. The van der Waals surface area contributed by atoms with Crippen LogP contribution in [0.2, 0.25) is 0 Å². The van der Waals surface area contributed by atoms with Crippen LogP contribution in [0.3, 0.4) is 0 Å². The first-order valence-electron chi connectivity index (χ1n) is 7.29. The first kappa shape index (κ1) is 14.8. The summed E-state index contributed by atoms with van der Waals surface area (Å²) in [5.74, 6) is 0.0464.